The lowest BCUT2D eigenvalue weighted by atomic mass is 10.2. The highest BCUT2D eigenvalue weighted by Gasteiger charge is 2.08. The van der Waals surface area contributed by atoms with Gasteiger partial charge >= 0.3 is 0 Å². The minimum Gasteiger partial charge on any atom is -0.346 e. The van der Waals surface area contributed by atoms with Crippen LogP contribution in [0.1, 0.15) is 10.5 Å². The average Bonchev–Trinajstić information content (AvgIpc) is 3.11. The van der Waals surface area contributed by atoms with Crippen molar-refractivity contribution in [2.24, 2.45) is 5.84 Å². The molecule has 1 aromatic carbocycles. The van der Waals surface area contributed by atoms with Gasteiger partial charge < -0.3 is 4.57 Å². The first-order valence-corrected chi connectivity index (χ1v) is 6.23. The summed E-state index contributed by atoms with van der Waals surface area (Å²) in [6.45, 7) is 1.38. The molecule has 3 aromatic rings. The number of nitrogen functional groups attached to an aromatic ring is 1. The number of hydrogen-bond donors (Lipinski definition) is 2. The topological polar surface area (TPSA) is 90.8 Å². The molecule has 0 bridgehead atoms. The summed E-state index contributed by atoms with van der Waals surface area (Å²) in [5.74, 6) is 4.60. The highest BCUT2D eigenvalue weighted by Crippen LogP contribution is 2.14. The zero-order valence-electron chi connectivity index (χ0n) is 10.7. The van der Waals surface area contributed by atoms with Crippen LogP contribution < -0.4 is 11.3 Å². The number of fused-ring (bicyclic) bond motifs is 1. The van der Waals surface area contributed by atoms with E-state index in [1.165, 1.54) is 10.9 Å². The lowest BCUT2D eigenvalue weighted by Gasteiger charge is -2.04. The van der Waals surface area contributed by atoms with Crippen LogP contribution in [0.25, 0.3) is 10.9 Å². The predicted octanol–water partition coefficient (Wildman–Crippen LogP) is 0.536. The summed E-state index contributed by atoms with van der Waals surface area (Å²) in [7, 11) is 0. The Hall–Kier alpha value is -2.67. The minimum absolute atomic E-state index is 0.213. The molecule has 0 radical (unpaired) electrons. The molecule has 7 nitrogen and oxygen atoms in total. The SMILES string of the molecule is NNC(=O)c1cn(CCn2ccc3ccccc32)nn1. The second-order valence-corrected chi connectivity index (χ2v) is 4.41. The summed E-state index contributed by atoms with van der Waals surface area (Å²) in [5.41, 5.74) is 3.41. The van der Waals surface area contributed by atoms with Crippen molar-refractivity contribution in [1.82, 2.24) is 25.0 Å². The first kappa shape index (κ1) is 12.4. The highest BCUT2D eigenvalue weighted by molar-refractivity contribution is 5.91. The fraction of sp³-hybridized carbons (Fsp3) is 0.154. The quantitative estimate of drug-likeness (QED) is 0.411. The summed E-state index contributed by atoms with van der Waals surface area (Å²) in [4.78, 5) is 11.3. The summed E-state index contributed by atoms with van der Waals surface area (Å²) in [6.07, 6.45) is 3.61. The number of nitrogens with one attached hydrogen (secondary N) is 1. The molecule has 0 unspecified atom stereocenters. The fourth-order valence-corrected chi connectivity index (χ4v) is 2.13. The number of benzene rings is 1. The molecule has 0 fully saturated rings. The first-order valence-electron chi connectivity index (χ1n) is 6.23. The van der Waals surface area contributed by atoms with Crippen LogP contribution in [0.4, 0.5) is 0 Å². The van der Waals surface area contributed by atoms with Crippen LogP contribution in [-0.2, 0) is 13.1 Å². The zero-order valence-corrected chi connectivity index (χ0v) is 10.7. The summed E-state index contributed by atoms with van der Waals surface area (Å²) in [6, 6.07) is 10.2. The lowest BCUT2D eigenvalue weighted by molar-refractivity contribution is 0.0948. The van der Waals surface area contributed by atoms with Crippen LogP contribution in [0.3, 0.4) is 0 Å². The Labute approximate surface area is 115 Å². The van der Waals surface area contributed by atoms with E-state index in [1.54, 1.807) is 10.9 Å². The molecule has 0 saturated carbocycles. The molecule has 0 saturated heterocycles. The Morgan fingerprint density at radius 1 is 1.25 bits per heavy atom. The Morgan fingerprint density at radius 2 is 2.10 bits per heavy atom. The van der Waals surface area contributed by atoms with Crippen LogP contribution in [-0.4, -0.2) is 25.5 Å². The van der Waals surface area contributed by atoms with Crippen molar-refractivity contribution < 1.29 is 4.79 Å². The van der Waals surface area contributed by atoms with E-state index in [9.17, 15) is 4.79 Å². The number of carbonyl (C=O) groups excluding carboxylic acids is 1. The van der Waals surface area contributed by atoms with Crippen molar-refractivity contribution in [2.75, 3.05) is 0 Å². The Balaban J connectivity index is 1.73. The van der Waals surface area contributed by atoms with Gasteiger partial charge in [-0.1, -0.05) is 23.4 Å². The fourth-order valence-electron chi connectivity index (χ4n) is 2.13. The maximum Gasteiger partial charge on any atom is 0.287 e. The van der Waals surface area contributed by atoms with Crippen LogP contribution in [0, 0.1) is 0 Å². The molecule has 0 atom stereocenters. The zero-order chi connectivity index (χ0) is 13.9. The smallest absolute Gasteiger partial charge is 0.287 e. The molecule has 3 N–H and O–H groups in total. The van der Waals surface area contributed by atoms with Crippen molar-refractivity contribution >= 4 is 16.8 Å². The largest absolute Gasteiger partial charge is 0.346 e. The molecule has 0 aliphatic carbocycles. The number of carbonyl (C=O) groups is 1. The molecular weight excluding hydrogens is 256 g/mol. The van der Waals surface area contributed by atoms with E-state index in [0.29, 0.717) is 6.54 Å². The minimum atomic E-state index is -0.442. The third-order valence-corrected chi connectivity index (χ3v) is 3.15. The van der Waals surface area contributed by atoms with Crippen molar-refractivity contribution in [3.63, 3.8) is 0 Å². The second-order valence-electron chi connectivity index (χ2n) is 4.41. The molecule has 0 aliphatic heterocycles. The molecule has 2 aromatic heterocycles. The molecule has 0 aliphatic rings. The van der Waals surface area contributed by atoms with Gasteiger partial charge in [-0.05, 0) is 17.5 Å². The average molecular weight is 270 g/mol. The van der Waals surface area contributed by atoms with E-state index in [4.69, 9.17) is 5.84 Å². The maximum atomic E-state index is 11.3. The van der Waals surface area contributed by atoms with Gasteiger partial charge in [-0.3, -0.25) is 10.2 Å². The third-order valence-electron chi connectivity index (χ3n) is 3.15. The van der Waals surface area contributed by atoms with Crippen molar-refractivity contribution in [2.45, 2.75) is 13.1 Å². The van der Waals surface area contributed by atoms with Crippen molar-refractivity contribution in [1.29, 1.82) is 0 Å². The molecular formula is C13H14N6O. The first-order chi connectivity index (χ1) is 9.78. The summed E-state index contributed by atoms with van der Waals surface area (Å²) < 4.78 is 3.76. The Morgan fingerprint density at radius 3 is 2.95 bits per heavy atom. The molecule has 7 heteroatoms. The van der Waals surface area contributed by atoms with Crippen LogP contribution in [0.15, 0.2) is 42.7 Å². The second kappa shape index (κ2) is 5.14. The van der Waals surface area contributed by atoms with Gasteiger partial charge in [-0.2, -0.15) is 0 Å². The van der Waals surface area contributed by atoms with E-state index < -0.39 is 5.91 Å². The molecule has 1 amide bonds. The molecule has 0 spiro atoms. The third kappa shape index (κ3) is 2.26. The number of rotatable bonds is 4. The van der Waals surface area contributed by atoms with Gasteiger partial charge in [0.05, 0.1) is 12.7 Å². The monoisotopic (exact) mass is 270 g/mol. The van der Waals surface area contributed by atoms with E-state index in [2.05, 4.69) is 33.1 Å². The number of aromatic nitrogens is 4. The summed E-state index contributed by atoms with van der Waals surface area (Å²) in [5, 5.41) is 8.87. The number of hydrogen-bond acceptors (Lipinski definition) is 4. The van der Waals surface area contributed by atoms with Gasteiger partial charge in [0.25, 0.3) is 5.91 Å². The Bertz CT molecular complexity index is 744. The number of para-hydroxylation sites is 1. The van der Waals surface area contributed by atoms with E-state index >= 15 is 0 Å². The van der Waals surface area contributed by atoms with Gasteiger partial charge in [0.1, 0.15) is 0 Å². The molecule has 102 valence electrons. The lowest BCUT2D eigenvalue weighted by Crippen LogP contribution is -2.30. The number of nitrogens with zero attached hydrogens (tertiary/aromatic N) is 4. The van der Waals surface area contributed by atoms with Crippen LogP contribution >= 0.6 is 0 Å². The van der Waals surface area contributed by atoms with Gasteiger partial charge in [0, 0.05) is 18.3 Å². The molecule has 3 rings (SSSR count). The van der Waals surface area contributed by atoms with E-state index in [1.807, 2.05) is 23.8 Å². The maximum absolute atomic E-state index is 11.3. The van der Waals surface area contributed by atoms with Gasteiger partial charge in [0.15, 0.2) is 5.69 Å². The number of hydrazine groups is 1. The number of nitrogens with two attached hydrogens (primary N) is 1. The standard InChI is InChI=1S/C13H14N6O/c14-15-13(20)11-9-19(17-16-11)8-7-18-6-5-10-3-1-2-4-12(10)18/h1-6,9H,7-8,14H2,(H,15,20). The van der Waals surface area contributed by atoms with Gasteiger partial charge in [-0.25, -0.2) is 10.5 Å². The number of amides is 1. The van der Waals surface area contributed by atoms with Gasteiger partial charge in [0.2, 0.25) is 0 Å². The summed E-state index contributed by atoms with van der Waals surface area (Å²) >= 11 is 0. The molecule has 2 heterocycles. The van der Waals surface area contributed by atoms with Crippen molar-refractivity contribution in [3.05, 3.63) is 48.4 Å². The molecule has 20 heavy (non-hydrogen) atoms. The number of aryl methyl sites for hydroxylation is 2. The van der Waals surface area contributed by atoms with E-state index in [0.717, 1.165) is 6.54 Å². The van der Waals surface area contributed by atoms with Crippen LogP contribution in [0.2, 0.25) is 0 Å². The normalized spacial score (nSPS) is 10.8. The van der Waals surface area contributed by atoms with E-state index in [-0.39, 0.29) is 5.69 Å². The van der Waals surface area contributed by atoms with Crippen molar-refractivity contribution in [3.8, 4) is 0 Å². The van der Waals surface area contributed by atoms with Crippen LogP contribution in [0.5, 0.6) is 0 Å². The Kier molecular flexibility index (Phi) is 3.18. The highest BCUT2D eigenvalue weighted by atomic mass is 16.2. The predicted molar refractivity (Wildman–Crippen MR) is 73.6 cm³/mol. The van der Waals surface area contributed by atoms with Gasteiger partial charge in [-0.15, -0.1) is 5.10 Å².